The van der Waals surface area contributed by atoms with Crippen LogP contribution in [0.15, 0.2) is 10.7 Å². The quantitative estimate of drug-likeness (QED) is 0.610. The summed E-state index contributed by atoms with van der Waals surface area (Å²) in [6.07, 6.45) is 0. The number of nitrogens with zero attached hydrogens (tertiary/aromatic N) is 1. The number of hydrogen-bond donors (Lipinski definition) is 0. The Morgan fingerprint density at radius 2 is 2.08 bits per heavy atom. The monoisotopic (exact) mass is 343 g/mol. The highest BCUT2D eigenvalue weighted by atomic mass is 127. The third-order valence-electron chi connectivity index (χ3n) is 1.28. The molecule has 0 aromatic carbocycles. The van der Waals surface area contributed by atoms with Gasteiger partial charge in [0, 0.05) is 6.07 Å². The first kappa shape index (κ1) is 10.0. The molecule has 66 valence electrons. The Hall–Kier alpha value is -0.0400. The Balaban J connectivity index is 3.18. The Kier molecular flexibility index (Phi) is 3.57. The molecule has 0 fully saturated rings. The zero-order valence-electron chi connectivity index (χ0n) is 6.60. The minimum Gasteiger partial charge on any atom is -0.493 e. The maximum atomic E-state index is 5.10. The molecule has 0 aliphatic heterocycles. The molecule has 1 rings (SSSR count). The Morgan fingerprint density at radius 1 is 1.42 bits per heavy atom. The smallest absolute Gasteiger partial charge is 0.215 e. The van der Waals surface area contributed by atoms with Crippen LogP contribution in [0.25, 0.3) is 0 Å². The largest absolute Gasteiger partial charge is 0.493 e. The highest BCUT2D eigenvalue weighted by Gasteiger charge is 2.08. The molecule has 0 aliphatic rings. The van der Waals surface area contributed by atoms with Gasteiger partial charge in [0.25, 0.3) is 0 Å². The average Bonchev–Trinajstić information content (AvgIpc) is 2.03. The summed E-state index contributed by atoms with van der Waals surface area (Å²) in [6, 6.07) is 1.81. The summed E-state index contributed by atoms with van der Waals surface area (Å²) in [5.41, 5.74) is 0. The van der Waals surface area contributed by atoms with E-state index in [2.05, 4.69) is 43.5 Å². The molecule has 1 aromatic heterocycles. The van der Waals surface area contributed by atoms with Crippen molar-refractivity contribution in [1.29, 1.82) is 0 Å². The van der Waals surface area contributed by atoms with Gasteiger partial charge in [0.15, 0.2) is 10.4 Å². The van der Waals surface area contributed by atoms with Crippen LogP contribution in [-0.2, 0) is 0 Å². The van der Waals surface area contributed by atoms with Gasteiger partial charge in [-0.15, -0.1) is 0 Å². The first-order valence-corrected chi connectivity index (χ1v) is 5.00. The van der Waals surface area contributed by atoms with Crippen molar-refractivity contribution in [3.63, 3.8) is 0 Å². The first-order chi connectivity index (χ1) is 5.69. The number of methoxy groups -OCH3 is 2. The normalized spacial score (nSPS) is 9.67. The van der Waals surface area contributed by atoms with E-state index >= 15 is 0 Å². The van der Waals surface area contributed by atoms with Gasteiger partial charge in [0.05, 0.1) is 17.8 Å². The van der Waals surface area contributed by atoms with Crippen LogP contribution in [0.3, 0.4) is 0 Å². The van der Waals surface area contributed by atoms with Crippen LogP contribution < -0.4 is 9.47 Å². The Bertz CT molecular complexity index is 270. The lowest BCUT2D eigenvalue weighted by molar-refractivity contribution is 0.382. The SMILES string of the molecule is COc1cc(I)c(OC)c(Br)n1. The molecule has 1 aromatic rings. The van der Waals surface area contributed by atoms with E-state index in [1.807, 2.05) is 6.07 Å². The highest BCUT2D eigenvalue weighted by Crippen LogP contribution is 2.31. The van der Waals surface area contributed by atoms with Crippen LogP contribution in [0, 0.1) is 3.57 Å². The predicted molar refractivity (Wildman–Crippen MR) is 57.8 cm³/mol. The number of halogens is 2. The summed E-state index contributed by atoms with van der Waals surface area (Å²) in [7, 11) is 3.19. The molecule has 5 heteroatoms. The summed E-state index contributed by atoms with van der Waals surface area (Å²) in [5, 5.41) is 0. The van der Waals surface area contributed by atoms with E-state index < -0.39 is 0 Å². The van der Waals surface area contributed by atoms with E-state index in [0.717, 1.165) is 9.32 Å². The molecule has 0 N–H and O–H groups in total. The molecule has 0 unspecified atom stereocenters. The molecule has 0 saturated heterocycles. The number of pyridine rings is 1. The second-order valence-electron chi connectivity index (χ2n) is 1.97. The lowest BCUT2D eigenvalue weighted by Gasteiger charge is -2.06. The van der Waals surface area contributed by atoms with Gasteiger partial charge in [-0.05, 0) is 38.5 Å². The number of hydrogen-bond acceptors (Lipinski definition) is 3. The van der Waals surface area contributed by atoms with Crippen molar-refractivity contribution in [1.82, 2.24) is 4.98 Å². The van der Waals surface area contributed by atoms with Gasteiger partial charge in [-0.1, -0.05) is 0 Å². The number of rotatable bonds is 2. The molecule has 12 heavy (non-hydrogen) atoms. The van der Waals surface area contributed by atoms with Crippen LogP contribution in [0.5, 0.6) is 11.6 Å². The van der Waals surface area contributed by atoms with E-state index in [1.165, 1.54) is 0 Å². The van der Waals surface area contributed by atoms with Crippen LogP contribution in [0.1, 0.15) is 0 Å². The second kappa shape index (κ2) is 4.27. The summed E-state index contributed by atoms with van der Waals surface area (Å²) in [6.45, 7) is 0. The molecule has 0 bridgehead atoms. The third kappa shape index (κ3) is 2.01. The third-order valence-corrected chi connectivity index (χ3v) is 2.61. The minimum atomic E-state index is 0.576. The molecule has 0 amide bonds. The molecule has 1 heterocycles. The molecular weight excluding hydrogens is 337 g/mol. The number of aromatic nitrogens is 1. The van der Waals surface area contributed by atoms with Gasteiger partial charge in [-0.3, -0.25) is 0 Å². The van der Waals surface area contributed by atoms with Crippen molar-refractivity contribution in [2.45, 2.75) is 0 Å². The summed E-state index contributed by atoms with van der Waals surface area (Å²) >= 11 is 5.44. The van der Waals surface area contributed by atoms with E-state index in [0.29, 0.717) is 10.5 Å². The summed E-state index contributed by atoms with van der Waals surface area (Å²) < 4.78 is 11.7. The molecule has 0 spiro atoms. The average molecular weight is 344 g/mol. The molecule has 0 radical (unpaired) electrons. The van der Waals surface area contributed by atoms with Gasteiger partial charge >= 0.3 is 0 Å². The fourth-order valence-corrected chi connectivity index (χ4v) is 2.40. The lowest BCUT2D eigenvalue weighted by Crippen LogP contribution is -1.94. The topological polar surface area (TPSA) is 31.4 Å². The molecule has 0 atom stereocenters. The zero-order chi connectivity index (χ0) is 9.14. The van der Waals surface area contributed by atoms with E-state index in [9.17, 15) is 0 Å². The second-order valence-corrected chi connectivity index (χ2v) is 3.88. The Labute approximate surface area is 92.7 Å². The van der Waals surface area contributed by atoms with E-state index in [1.54, 1.807) is 14.2 Å². The van der Waals surface area contributed by atoms with Gasteiger partial charge in [-0.2, -0.15) is 0 Å². The van der Waals surface area contributed by atoms with Gasteiger partial charge in [0.1, 0.15) is 0 Å². The molecule has 3 nitrogen and oxygen atoms in total. The maximum Gasteiger partial charge on any atom is 0.215 e. The van der Waals surface area contributed by atoms with Gasteiger partial charge < -0.3 is 9.47 Å². The van der Waals surface area contributed by atoms with Crippen molar-refractivity contribution in [2.24, 2.45) is 0 Å². The Morgan fingerprint density at radius 3 is 2.50 bits per heavy atom. The molecule has 0 aliphatic carbocycles. The molecular formula is C7H7BrINO2. The van der Waals surface area contributed by atoms with Crippen molar-refractivity contribution >= 4 is 38.5 Å². The number of ether oxygens (including phenoxy) is 2. The van der Waals surface area contributed by atoms with Crippen molar-refractivity contribution in [2.75, 3.05) is 14.2 Å². The maximum absolute atomic E-state index is 5.10. The standard InChI is InChI=1S/C7H7BrINO2/c1-11-5-3-4(9)6(12-2)7(8)10-5/h3H,1-2H3. The van der Waals surface area contributed by atoms with E-state index in [-0.39, 0.29) is 0 Å². The predicted octanol–water partition coefficient (Wildman–Crippen LogP) is 2.47. The molecule has 0 saturated carbocycles. The fourth-order valence-electron chi connectivity index (χ4n) is 0.739. The van der Waals surface area contributed by atoms with Crippen molar-refractivity contribution in [3.05, 3.63) is 14.2 Å². The van der Waals surface area contributed by atoms with Crippen LogP contribution in [0.2, 0.25) is 0 Å². The van der Waals surface area contributed by atoms with Crippen LogP contribution >= 0.6 is 38.5 Å². The fraction of sp³-hybridized carbons (Fsp3) is 0.286. The summed E-state index contributed by atoms with van der Waals surface area (Å²) in [5.74, 6) is 1.31. The van der Waals surface area contributed by atoms with E-state index in [4.69, 9.17) is 9.47 Å². The van der Waals surface area contributed by atoms with Crippen LogP contribution in [-0.4, -0.2) is 19.2 Å². The van der Waals surface area contributed by atoms with Gasteiger partial charge in [0.2, 0.25) is 5.88 Å². The highest BCUT2D eigenvalue weighted by molar-refractivity contribution is 14.1. The van der Waals surface area contributed by atoms with Crippen molar-refractivity contribution < 1.29 is 9.47 Å². The lowest BCUT2D eigenvalue weighted by atomic mass is 10.4. The van der Waals surface area contributed by atoms with Gasteiger partial charge in [-0.25, -0.2) is 4.98 Å². The van der Waals surface area contributed by atoms with Crippen LogP contribution in [0.4, 0.5) is 0 Å². The zero-order valence-corrected chi connectivity index (χ0v) is 10.3. The minimum absolute atomic E-state index is 0.576. The van der Waals surface area contributed by atoms with Crippen molar-refractivity contribution in [3.8, 4) is 11.6 Å². The first-order valence-electron chi connectivity index (χ1n) is 3.13. The summed E-state index contributed by atoms with van der Waals surface area (Å²) in [4.78, 5) is 4.09.